The molecular formula is C10H9F3OS. The van der Waals surface area contributed by atoms with Crippen LogP contribution in [0.25, 0.3) is 0 Å². The minimum absolute atomic E-state index is 0.115. The van der Waals surface area contributed by atoms with E-state index >= 15 is 0 Å². The third-order valence-corrected chi connectivity index (χ3v) is 3.70. The summed E-state index contributed by atoms with van der Waals surface area (Å²) in [5, 5.41) is 10.0. The molecule has 1 heterocycles. The normalized spacial score (nSPS) is 25.9. The number of hydrogen-bond donors (Lipinski definition) is 1. The summed E-state index contributed by atoms with van der Waals surface area (Å²) < 4.78 is 38.5. The van der Waals surface area contributed by atoms with Gasteiger partial charge in [-0.05, 0) is 29.9 Å². The number of halogens is 3. The molecule has 5 heteroatoms. The summed E-state index contributed by atoms with van der Waals surface area (Å²) in [6.45, 7) is 0. The first kappa shape index (κ1) is 10.8. The van der Waals surface area contributed by atoms with Gasteiger partial charge >= 0.3 is 0 Å². The van der Waals surface area contributed by atoms with Crippen molar-refractivity contribution in [1.29, 1.82) is 0 Å². The highest BCUT2D eigenvalue weighted by Crippen LogP contribution is 2.37. The van der Waals surface area contributed by atoms with Crippen molar-refractivity contribution in [2.45, 2.75) is 12.0 Å². The van der Waals surface area contributed by atoms with Gasteiger partial charge in [-0.3, -0.25) is 0 Å². The summed E-state index contributed by atoms with van der Waals surface area (Å²) in [6, 6.07) is 1.73. The van der Waals surface area contributed by atoms with Crippen LogP contribution in [0, 0.1) is 17.5 Å². The van der Waals surface area contributed by atoms with E-state index in [9.17, 15) is 18.3 Å². The Kier molecular flexibility index (Phi) is 2.68. The molecule has 1 atom stereocenters. The Bertz CT molecular complexity index is 365. The van der Waals surface area contributed by atoms with Crippen LogP contribution < -0.4 is 0 Å². The number of benzene rings is 1. The highest BCUT2D eigenvalue weighted by Gasteiger charge is 2.35. The molecule has 0 radical (unpaired) electrons. The summed E-state index contributed by atoms with van der Waals surface area (Å²) in [7, 11) is 0. The largest absolute Gasteiger partial charge is 0.384 e. The SMILES string of the molecule is OC1(c2cc(F)c(F)c(F)c2)CCSC1. The second-order valence-electron chi connectivity index (χ2n) is 3.59. The van der Waals surface area contributed by atoms with Crippen molar-refractivity contribution >= 4 is 11.8 Å². The van der Waals surface area contributed by atoms with Crippen LogP contribution in [0.3, 0.4) is 0 Å². The van der Waals surface area contributed by atoms with E-state index in [1.165, 1.54) is 11.8 Å². The summed E-state index contributed by atoms with van der Waals surface area (Å²) in [5.41, 5.74) is -1.11. The van der Waals surface area contributed by atoms with Crippen LogP contribution in [0.1, 0.15) is 12.0 Å². The van der Waals surface area contributed by atoms with Crippen LogP contribution in [-0.2, 0) is 5.60 Å². The Labute approximate surface area is 89.3 Å². The van der Waals surface area contributed by atoms with Gasteiger partial charge < -0.3 is 5.11 Å². The number of hydrogen-bond acceptors (Lipinski definition) is 2. The molecule has 1 nitrogen and oxygen atoms in total. The van der Waals surface area contributed by atoms with Crippen molar-refractivity contribution in [2.75, 3.05) is 11.5 Å². The van der Waals surface area contributed by atoms with Gasteiger partial charge in [-0.25, -0.2) is 13.2 Å². The van der Waals surface area contributed by atoms with Crippen molar-refractivity contribution in [3.63, 3.8) is 0 Å². The van der Waals surface area contributed by atoms with Gasteiger partial charge in [0.1, 0.15) is 0 Å². The first-order chi connectivity index (χ1) is 7.03. The molecule has 1 saturated heterocycles. The molecule has 1 fully saturated rings. The minimum atomic E-state index is -1.49. The van der Waals surface area contributed by atoms with Crippen LogP contribution in [0.2, 0.25) is 0 Å². The Morgan fingerprint density at radius 1 is 1.20 bits per heavy atom. The molecule has 15 heavy (non-hydrogen) atoms. The van der Waals surface area contributed by atoms with Gasteiger partial charge in [0.15, 0.2) is 17.5 Å². The number of aliphatic hydroxyl groups is 1. The van der Waals surface area contributed by atoms with Crippen LogP contribution >= 0.6 is 11.8 Å². The Hall–Kier alpha value is -0.680. The van der Waals surface area contributed by atoms with E-state index in [4.69, 9.17) is 0 Å². The van der Waals surface area contributed by atoms with E-state index in [0.717, 1.165) is 17.9 Å². The predicted octanol–water partition coefficient (Wildman–Crippen LogP) is 2.43. The number of rotatable bonds is 1. The van der Waals surface area contributed by atoms with Crippen molar-refractivity contribution < 1.29 is 18.3 Å². The molecule has 1 unspecified atom stereocenters. The first-order valence-corrected chi connectivity index (χ1v) is 5.63. The molecule has 0 saturated carbocycles. The van der Waals surface area contributed by atoms with Gasteiger partial charge in [0, 0.05) is 5.75 Å². The van der Waals surface area contributed by atoms with E-state index in [2.05, 4.69) is 0 Å². The summed E-state index contributed by atoms with van der Waals surface area (Å²) >= 11 is 1.50. The average Bonchev–Trinajstić information content (AvgIpc) is 2.62. The van der Waals surface area contributed by atoms with Crippen LogP contribution in [0.15, 0.2) is 12.1 Å². The Balaban J connectivity index is 2.45. The van der Waals surface area contributed by atoms with Gasteiger partial charge in [0.05, 0.1) is 5.60 Å². The molecule has 0 aromatic heterocycles. The maximum atomic E-state index is 12.9. The fourth-order valence-corrected chi connectivity index (χ4v) is 2.88. The van der Waals surface area contributed by atoms with E-state index < -0.39 is 23.1 Å². The lowest BCUT2D eigenvalue weighted by molar-refractivity contribution is 0.0648. The zero-order chi connectivity index (χ0) is 11.1. The number of thioether (sulfide) groups is 1. The molecule has 0 amide bonds. The molecule has 2 rings (SSSR count). The third-order valence-electron chi connectivity index (χ3n) is 2.52. The summed E-state index contributed by atoms with van der Waals surface area (Å²) in [5.74, 6) is -2.88. The molecule has 1 aliphatic heterocycles. The molecule has 0 aliphatic carbocycles. The van der Waals surface area contributed by atoms with Gasteiger partial charge in [0.25, 0.3) is 0 Å². The smallest absolute Gasteiger partial charge is 0.194 e. The van der Waals surface area contributed by atoms with Crippen molar-refractivity contribution in [3.05, 3.63) is 35.1 Å². The van der Waals surface area contributed by atoms with Gasteiger partial charge in [-0.2, -0.15) is 11.8 Å². The van der Waals surface area contributed by atoms with E-state index in [1.807, 2.05) is 0 Å². The van der Waals surface area contributed by atoms with Crippen molar-refractivity contribution in [2.24, 2.45) is 0 Å². The van der Waals surface area contributed by atoms with Gasteiger partial charge in [-0.15, -0.1) is 0 Å². The van der Waals surface area contributed by atoms with Crippen molar-refractivity contribution in [1.82, 2.24) is 0 Å². The lowest BCUT2D eigenvalue weighted by Crippen LogP contribution is -2.25. The maximum Gasteiger partial charge on any atom is 0.194 e. The van der Waals surface area contributed by atoms with Crippen molar-refractivity contribution in [3.8, 4) is 0 Å². The predicted molar refractivity (Wildman–Crippen MR) is 52.2 cm³/mol. The topological polar surface area (TPSA) is 20.2 Å². The fraction of sp³-hybridized carbons (Fsp3) is 0.400. The molecule has 0 bridgehead atoms. The molecule has 1 N–H and O–H groups in total. The Morgan fingerprint density at radius 2 is 1.80 bits per heavy atom. The molecule has 1 aromatic rings. The maximum absolute atomic E-state index is 12.9. The van der Waals surface area contributed by atoms with E-state index in [-0.39, 0.29) is 5.56 Å². The summed E-state index contributed by atoms with van der Waals surface area (Å²) in [4.78, 5) is 0. The monoisotopic (exact) mass is 234 g/mol. The molecule has 0 spiro atoms. The van der Waals surface area contributed by atoms with Gasteiger partial charge in [-0.1, -0.05) is 0 Å². The average molecular weight is 234 g/mol. The lowest BCUT2D eigenvalue weighted by Gasteiger charge is -2.21. The fourth-order valence-electron chi connectivity index (χ4n) is 1.61. The second kappa shape index (κ2) is 3.72. The standard InChI is InChI=1S/C10H9F3OS/c11-7-3-6(4-8(12)9(7)13)10(14)1-2-15-5-10/h3-4,14H,1-2,5H2. The molecule has 82 valence electrons. The third kappa shape index (κ3) is 1.86. The highest BCUT2D eigenvalue weighted by molar-refractivity contribution is 7.99. The van der Waals surface area contributed by atoms with E-state index in [0.29, 0.717) is 12.2 Å². The molecule has 1 aromatic carbocycles. The highest BCUT2D eigenvalue weighted by atomic mass is 32.2. The second-order valence-corrected chi connectivity index (χ2v) is 4.69. The zero-order valence-corrected chi connectivity index (χ0v) is 8.58. The van der Waals surface area contributed by atoms with E-state index in [1.54, 1.807) is 0 Å². The van der Waals surface area contributed by atoms with Crippen LogP contribution in [-0.4, -0.2) is 16.6 Å². The quantitative estimate of drug-likeness (QED) is 0.753. The van der Waals surface area contributed by atoms with Crippen LogP contribution in [0.5, 0.6) is 0 Å². The Morgan fingerprint density at radius 3 is 2.27 bits per heavy atom. The summed E-state index contributed by atoms with van der Waals surface area (Å²) in [6.07, 6.45) is 0.433. The zero-order valence-electron chi connectivity index (χ0n) is 7.77. The molecule has 1 aliphatic rings. The molecular weight excluding hydrogens is 225 g/mol. The van der Waals surface area contributed by atoms with Crippen LogP contribution in [0.4, 0.5) is 13.2 Å². The van der Waals surface area contributed by atoms with Gasteiger partial charge in [0.2, 0.25) is 0 Å². The minimum Gasteiger partial charge on any atom is -0.384 e. The lowest BCUT2D eigenvalue weighted by atomic mass is 9.93. The first-order valence-electron chi connectivity index (χ1n) is 4.48.